The maximum absolute atomic E-state index is 2.45. The van der Waals surface area contributed by atoms with Gasteiger partial charge in [-0.05, 0) is 72.3 Å². The third kappa shape index (κ3) is 0.878. The molecular formula is C18H22. The van der Waals surface area contributed by atoms with Gasteiger partial charge in [-0.2, -0.15) is 0 Å². The molecule has 0 N–H and O–H groups in total. The average Bonchev–Trinajstić information content (AvgIpc) is 2.83. The monoisotopic (exact) mass is 238 g/mol. The van der Waals surface area contributed by atoms with Crippen LogP contribution in [0, 0.1) is 16.7 Å². The van der Waals surface area contributed by atoms with Crippen LogP contribution < -0.4 is 0 Å². The van der Waals surface area contributed by atoms with E-state index in [0.29, 0.717) is 0 Å². The van der Waals surface area contributed by atoms with Gasteiger partial charge in [0.05, 0.1) is 0 Å². The molecule has 0 nitrogen and oxygen atoms in total. The Hall–Kier alpha value is -0.780. The maximum atomic E-state index is 2.45. The average molecular weight is 238 g/mol. The molecule has 0 heteroatoms. The highest BCUT2D eigenvalue weighted by Gasteiger charge is 2.70. The molecule has 1 aromatic rings. The van der Waals surface area contributed by atoms with Gasteiger partial charge in [-0.25, -0.2) is 0 Å². The molecule has 0 radical (unpaired) electrons. The molecule has 4 aliphatic rings. The Morgan fingerprint density at radius 2 is 1.78 bits per heavy atom. The number of hydrogen-bond acceptors (Lipinski definition) is 0. The van der Waals surface area contributed by atoms with Gasteiger partial charge in [-0.3, -0.25) is 0 Å². The first-order valence-electron chi connectivity index (χ1n) is 7.94. The fraction of sp³-hybridized carbons (Fsp3) is 0.667. The van der Waals surface area contributed by atoms with Crippen molar-refractivity contribution in [2.45, 2.75) is 57.3 Å². The van der Waals surface area contributed by atoms with Crippen molar-refractivity contribution < 1.29 is 0 Å². The van der Waals surface area contributed by atoms with Crippen molar-refractivity contribution in [2.75, 3.05) is 0 Å². The minimum atomic E-state index is 0.740. The summed E-state index contributed by atoms with van der Waals surface area (Å²) in [5.74, 6) is 2.00. The van der Waals surface area contributed by atoms with Gasteiger partial charge >= 0.3 is 0 Å². The van der Waals surface area contributed by atoms with E-state index in [1.807, 2.05) is 0 Å². The van der Waals surface area contributed by atoms with E-state index < -0.39 is 0 Å². The second-order valence-corrected chi connectivity index (χ2v) is 7.42. The van der Waals surface area contributed by atoms with Gasteiger partial charge in [0.1, 0.15) is 0 Å². The number of benzene rings is 1. The van der Waals surface area contributed by atoms with Crippen LogP contribution in [0.1, 0.15) is 62.0 Å². The van der Waals surface area contributed by atoms with Crippen LogP contribution in [0.2, 0.25) is 0 Å². The third-order valence-corrected chi connectivity index (χ3v) is 7.33. The van der Waals surface area contributed by atoms with Crippen LogP contribution >= 0.6 is 0 Å². The Morgan fingerprint density at radius 3 is 2.72 bits per heavy atom. The van der Waals surface area contributed by atoms with Gasteiger partial charge in [0.15, 0.2) is 0 Å². The van der Waals surface area contributed by atoms with Crippen molar-refractivity contribution in [1.29, 1.82) is 0 Å². The SMILES string of the molecule is c1ccc2c(c1)CC13CCCC[C@]14CC[C@H]3C[C@H]24. The van der Waals surface area contributed by atoms with Crippen molar-refractivity contribution >= 4 is 0 Å². The van der Waals surface area contributed by atoms with Gasteiger partial charge in [-0.15, -0.1) is 0 Å². The van der Waals surface area contributed by atoms with Crippen molar-refractivity contribution in [1.82, 2.24) is 0 Å². The van der Waals surface area contributed by atoms with E-state index in [-0.39, 0.29) is 0 Å². The van der Waals surface area contributed by atoms with Crippen LogP contribution in [0.25, 0.3) is 0 Å². The van der Waals surface area contributed by atoms with Crippen LogP contribution in [0.4, 0.5) is 0 Å². The molecule has 0 aliphatic heterocycles. The van der Waals surface area contributed by atoms with Crippen LogP contribution in [0.3, 0.4) is 0 Å². The smallest absolute Gasteiger partial charge is 0.00942 e. The van der Waals surface area contributed by atoms with Crippen LogP contribution in [0.15, 0.2) is 24.3 Å². The zero-order valence-corrected chi connectivity index (χ0v) is 11.1. The minimum absolute atomic E-state index is 0.740. The van der Waals surface area contributed by atoms with Gasteiger partial charge in [0.2, 0.25) is 0 Å². The van der Waals surface area contributed by atoms with Crippen molar-refractivity contribution in [3.63, 3.8) is 0 Å². The fourth-order valence-electron chi connectivity index (χ4n) is 6.83. The lowest BCUT2D eigenvalue weighted by atomic mass is 9.50. The quantitative estimate of drug-likeness (QED) is 0.615. The Morgan fingerprint density at radius 1 is 0.944 bits per heavy atom. The molecule has 3 saturated carbocycles. The van der Waals surface area contributed by atoms with Gasteiger partial charge in [-0.1, -0.05) is 37.1 Å². The van der Waals surface area contributed by atoms with Crippen molar-refractivity contribution in [2.24, 2.45) is 16.7 Å². The lowest BCUT2D eigenvalue weighted by Crippen LogP contribution is -2.46. The minimum Gasteiger partial charge on any atom is -0.0620 e. The lowest BCUT2D eigenvalue weighted by Gasteiger charge is -2.54. The summed E-state index contributed by atoms with van der Waals surface area (Å²) >= 11 is 0. The van der Waals surface area contributed by atoms with E-state index in [1.54, 1.807) is 36.8 Å². The first-order chi connectivity index (χ1) is 8.86. The number of fused-ring (bicyclic) bond motifs is 2. The molecule has 94 valence electrons. The highest BCUT2D eigenvalue weighted by molar-refractivity contribution is 5.42. The zero-order chi connectivity index (χ0) is 11.8. The zero-order valence-electron chi connectivity index (χ0n) is 11.1. The Balaban J connectivity index is 1.78. The molecule has 0 amide bonds. The summed E-state index contributed by atoms with van der Waals surface area (Å²) in [7, 11) is 0. The summed E-state index contributed by atoms with van der Waals surface area (Å²) in [6.07, 6.45) is 12.1. The molecule has 0 heterocycles. The predicted octanol–water partition coefficient (Wildman–Crippen LogP) is 4.69. The van der Waals surface area contributed by atoms with Gasteiger partial charge in [0.25, 0.3) is 0 Å². The summed E-state index contributed by atoms with van der Waals surface area (Å²) in [5.41, 5.74) is 4.94. The summed E-state index contributed by atoms with van der Waals surface area (Å²) in [4.78, 5) is 0. The van der Waals surface area contributed by atoms with Crippen LogP contribution in [-0.2, 0) is 6.42 Å². The van der Waals surface area contributed by atoms with E-state index in [1.165, 1.54) is 25.7 Å². The Kier molecular flexibility index (Phi) is 1.69. The van der Waals surface area contributed by atoms with Gasteiger partial charge in [0, 0.05) is 0 Å². The molecule has 4 aliphatic carbocycles. The largest absolute Gasteiger partial charge is 0.0620 e. The second kappa shape index (κ2) is 3.03. The highest BCUT2D eigenvalue weighted by atomic mass is 14.7. The normalized spacial score (nSPS) is 47.8. The molecule has 0 spiro atoms. The van der Waals surface area contributed by atoms with Crippen molar-refractivity contribution in [3.05, 3.63) is 35.4 Å². The molecule has 3 fully saturated rings. The highest BCUT2D eigenvalue weighted by Crippen LogP contribution is 2.79. The summed E-state index contributed by atoms with van der Waals surface area (Å²) < 4.78 is 0. The lowest BCUT2D eigenvalue weighted by molar-refractivity contribution is 0.00870. The van der Waals surface area contributed by atoms with E-state index >= 15 is 0 Å². The van der Waals surface area contributed by atoms with E-state index in [2.05, 4.69) is 24.3 Å². The predicted molar refractivity (Wildman–Crippen MR) is 73.6 cm³/mol. The van der Waals surface area contributed by atoms with E-state index in [0.717, 1.165) is 22.7 Å². The maximum Gasteiger partial charge on any atom is -0.00942 e. The van der Waals surface area contributed by atoms with Crippen molar-refractivity contribution in [3.8, 4) is 0 Å². The number of hydrogen-bond donors (Lipinski definition) is 0. The molecule has 0 saturated heterocycles. The molecule has 4 atom stereocenters. The molecule has 1 aromatic carbocycles. The van der Waals surface area contributed by atoms with Gasteiger partial charge < -0.3 is 0 Å². The van der Waals surface area contributed by atoms with E-state index in [4.69, 9.17) is 0 Å². The van der Waals surface area contributed by atoms with Crippen LogP contribution in [0.5, 0.6) is 0 Å². The Labute approximate surface area is 110 Å². The standard InChI is InChI=1S/C18H22/c1-2-6-15-13(5-1)12-18-9-4-3-8-17(18)10-7-14(18)11-16(15)17/h1-2,5-6,14,16H,3-4,7-12H2/t14-,16+,17+,18?/m0/s1. The summed E-state index contributed by atoms with van der Waals surface area (Å²) in [6.45, 7) is 0. The second-order valence-electron chi connectivity index (χ2n) is 7.42. The first-order valence-corrected chi connectivity index (χ1v) is 7.94. The molecule has 5 rings (SSSR count). The fourth-order valence-corrected chi connectivity index (χ4v) is 6.83. The summed E-state index contributed by atoms with van der Waals surface area (Å²) in [6, 6.07) is 9.42. The molecule has 1 unspecified atom stereocenters. The molecule has 0 aromatic heterocycles. The molecular weight excluding hydrogens is 216 g/mol. The van der Waals surface area contributed by atoms with E-state index in [9.17, 15) is 0 Å². The first kappa shape index (κ1) is 10.1. The topological polar surface area (TPSA) is 0 Å². The van der Waals surface area contributed by atoms with Crippen LogP contribution in [-0.4, -0.2) is 0 Å². The molecule has 4 bridgehead atoms. The Bertz CT molecular complexity index is 511. The third-order valence-electron chi connectivity index (χ3n) is 7.33. The number of rotatable bonds is 0. The molecule has 18 heavy (non-hydrogen) atoms. The summed E-state index contributed by atoms with van der Waals surface area (Å²) in [5, 5.41) is 0.